The Balaban J connectivity index is 1.40. The number of hydrogen-bond acceptors (Lipinski definition) is 5. The summed E-state index contributed by atoms with van der Waals surface area (Å²) in [6.45, 7) is 4.17. The Morgan fingerprint density at radius 3 is 2.45 bits per heavy atom. The molecule has 0 atom stereocenters. The van der Waals surface area contributed by atoms with E-state index in [-0.39, 0.29) is 24.3 Å². The molecule has 2 aromatic rings. The first-order valence-electron chi connectivity index (χ1n) is 9.58. The first-order valence-corrected chi connectivity index (χ1v) is 10.5. The second-order valence-electron chi connectivity index (χ2n) is 6.83. The number of amides is 4. The molecule has 1 aromatic carbocycles. The number of rotatable bonds is 6. The third-order valence-electron chi connectivity index (χ3n) is 4.70. The Morgan fingerprint density at radius 1 is 1.07 bits per heavy atom. The van der Waals surface area contributed by atoms with Crippen LogP contribution in [0.25, 0.3) is 0 Å². The van der Waals surface area contributed by atoms with E-state index in [0.29, 0.717) is 43.5 Å². The summed E-state index contributed by atoms with van der Waals surface area (Å²) in [6.07, 6.45) is 0.959. The summed E-state index contributed by atoms with van der Waals surface area (Å²) in [6, 6.07) is 9.74. The van der Waals surface area contributed by atoms with Gasteiger partial charge in [0.1, 0.15) is 0 Å². The molecule has 2 N–H and O–H groups in total. The lowest BCUT2D eigenvalue weighted by Gasteiger charge is -2.33. The smallest absolute Gasteiger partial charge is 0.323 e. The quantitative estimate of drug-likeness (QED) is 0.751. The lowest BCUT2D eigenvalue weighted by molar-refractivity contribution is -0.130. The molecule has 1 saturated heterocycles. The van der Waals surface area contributed by atoms with Gasteiger partial charge in [-0.15, -0.1) is 11.3 Å². The molecule has 154 valence electrons. The van der Waals surface area contributed by atoms with Gasteiger partial charge in [-0.1, -0.05) is 30.3 Å². The molecule has 0 saturated carbocycles. The minimum Gasteiger partial charge on any atom is -0.355 e. The number of urea groups is 1. The lowest BCUT2D eigenvalue weighted by Crippen LogP contribution is -2.51. The van der Waals surface area contributed by atoms with Crippen LogP contribution < -0.4 is 10.6 Å². The van der Waals surface area contributed by atoms with Crippen LogP contribution in [0.15, 0.2) is 35.7 Å². The van der Waals surface area contributed by atoms with Crippen LogP contribution >= 0.6 is 11.3 Å². The molecule has 9 heteroatoms. The molecule has 2 heterocycles. The number of carbonyl (C=O) groups is 3. The largest absolute Gasteiger partial charge is 0.355 e. The number of benzene rings is 1. The lowest BCUT2D eigenvalue weighted by atomic mass is 10.1. The second kappa shape index (κ2) is 10.0. The average molecular weight is 416 g/mol. The van der Waals surface area contributed by atoms with Gasteiger partial charge in [0.2, 0.25) is 11.8 Å². The molecule has 1 fully saturated rings. The van der Waals surface area contributed by atoms with Crippen molar-refractivity contribution in [2.75, 3.05) is 38.0 Å². The number of nitrogens with one attached hydrogen (secondary N) is 2. The van der Waals surface area contributed by atoms with Gasteiger partial charge in [0.15, 0.2) is 5.13 Å². The molecule has 1 aliphatic heterocycles. The van der Waals surface area contributed by atoms with Gasteiger partial charge in [-0.05, 0) is 12.0 Å². The van der Waals surface area contributed by atoms with E-state index >= 15 is 0 Å². The van der Waals surface area contributed by atoms with Crippen LogP contribution in [-0.4, -0.2) is 65.4 Å². The van der Waals surface area contributed by atoms with Gasteiger partial charge in [-0.2, -0.15) is 0 Å². The van der Waals surface area contributed by atoms with Crippen molar-refractivity contribution in [2.45, 2.75) is 19.8 Å². The second-order valence-corrected chi connectivity index (χ2v) is 7.69. The number of carbonyl (C=O) groups excluding carboxylic acids is 3. The standard InChI is InChI=1S/C20H25N5O3S/c1-15(26)24-9-11-25(12-10-24)20(28)23-19-22-17(14-29-19)13-18(27)21-8-7-16-5-3-2-4-6-16/h2-6,14H,7-13H2,1H3,(H,21,27)(H,22,23,28). The van der Waals surface area contributed by atoms with Crippen LogP contribution in [0.5, 0.6) is 0 Å². The molecule has 0 radical (unpaired) electrons. The Hall–Kier alpha value is -2.94. The number of aromatic nitrogens is 1. The Labute approximate surface area is 173 Å². The first-order chi connectivity index (χ1) is 14.0. The fraction of sp³-hybridized carbons (Fsp3) is 0.400. The van der Waals surface area contributed by atoms with Gasteiger partial charge in [-0.3, -0.25) is 14.9 Å². The van der Waals surface area contributed by atoms with E-state index in [1.54, 1.807) is 15.2 Å². The number of nitrogens with zero attached hydrogens (tertiary/aromatic N) is 3. The third-order valence-corrected chi connectivity index (χ3v) is 5.50. The summed E-state index contributed by atoms with van der Waals surface area (Å²) in [5.74, 6) is -0.0684. The van der Waals surface area contributed by atoms with E-state index < -0.39 is 0 Å². The van der Waals surface area contributed by atoms with Crippen molar-refractivity contribution < 1.29 is 14.4 Å². The van der Waals surface area contributed by atoms with Crippen molar-refractivity contribution in [3.8, 4) is 0 Å². The van der Waals surface area contributed by atoms with Crippen molar-refractivity contribution in [1.82, 2.24) is 20.1 Å². The number of anilines is 1. The Morgan fingerprint density at radius 2 is 1.76 bits per heavy atom. The fourth-order valence-electron chi connectivity index (χ4n) is 3.06. The maximum Gasteiger partial charge on any atom is 0.323 e. The van der Waals surface area contributed by atoms with Crippen molar-refractivity contribution >= 4 is 34.3 Å². The minimum absolute atomic E-state index is 0.0247. The molecule has 0 unspecified atom stereocenters. The predicted octanol–water partition coefficient (Wildman–Crippen LogP) is 1.74. The van der Waals surface area contributed by atoms with E-state index in [1.165, 1.54) is 23.8 Å². The molecule has 29 heavy (non-hydrogen) atoms. The zero-order chi connectivity index (χ0) is 20.6. The van der Waals surface area contributed by atoms with Crippen molar-refractivity contribution in [1.29, 1.82) is 0 Å². The molecule has 0 bridgehead atoms. The van der Waals surface area contributed by atoms with Gasteiger partial charge in [0.05, 0.1) is 12.1 Å². The van der Waals surface area contributed by atoms with Crippen LogP contribution in [0.2, 0.25) is 0 Å². The molecule has 1 aliphatic rings. The monoisotopic (exact) mass is 415 g/mol. The molecule has 4 amide bonds. The SMILES string of the molecule is CC(=O)N1CCN(C(=O)Nc2nc(CC(=O)NCCc3ccccc3)cs2)CC1. The molecule has 3 rings (SSSR count). The molecule has 8 nitrogen and oxygen atoms in total. The van der Waals surface area contributed by atoms with Crippen LogP contribution in [0.4, 0.5) is 9.93 Å². The molecular weight excluding hydrogens is 390 g/mol. The highest BCUT2D eigenvalue weighted by Crippen LogP contribution is 2.17. The maximum absolute atomic E-state index is 12.4. The van der Waals surface area contributed by atoms with Crippen LogP contribution in [0.3, 0.4) is 0 Å². The van der Waals surface area contributed by atoms with Crippen molar-refractivity contribution in [2.24, 2.45) is 0 Å². The summed E-state index contributed by atoms with van der Waals surface area (Å²) in [5.41, 5.74) is 1.81. The summed E-state index contributed by atoms with van der Waals surface area (Å²) in [4.78, 5) is 43.5. The van der Waals surface area contributed by atoms with E-state index in [9.17, 15) is 14.4 Å². The summed E-state index contributed by atoms with van der Waals surface area (Å²) in [7, 11) is 0. The maximum atomic E-state index is 12.4. The van der Waals surface area contributed by atoms with Crippen LogP contribution in [-0.2, 0) is 22.4 Å². The molecule has 0 aliphatic carbocycles. The topological polar surface area (TPSA) is 94.6 Å². The highest BCUT2D eigenvalue weighted by Gasteiger charge is 2.23. The molecule has 0 spiro atoms. The van der Waals surface area contributed by atoms with Crippen LogP contribution in [0, 0.1) is 0 Å². The van der Waals surface area contributed by atoms with Gasteiger partial charge < -0.3 is 15.1 Å². The van der Waals surface area contributed by atoms with E-state index in [1.807, 2.05) is 30.3 Å². The predicted molar refractivity (Wildman–Crippen MR) is 112 cm³/mol. The highest BCUT2D eigenvalue weighted by molar-refractivity contribution is 7.13. The Bertz CT molecular complexity index is 847. The Kier molecular flexibility index (Phi) is 7.18. The average Bonchev–Trinajstić information content (AvgIpc) is 3.15. The minimum atomic E-state index is -0.235. The molecule has 1 aromatic heterocycles. The highest BCUT2D eigenvalue weighted by atomic mass is 32.1. The molecular formula is C20H25N5O3S. The number of thiazole rings is 1. The number of piperazine rings is 1. The normalized spacial score (nSPS) is 13.8. The van der Waals surface area contributed by atoms with E-state index in [2.05, 4.69) is 15.6 Å². The van der Waals surface area contributed by atoms with Crippen molar-refractivity contribution in [3.63, 3.8) is 0 Å². The van der Waals surface area contributed by atoms with Gasteiger partial charge >= 0.3 is 6.03 Å². The van der Waals surface area contributed by atoms with Crippen LogP contribution in [0.1, 0.15) is 18.2 Å². The van der Waals surface area contributed by atoms with Crippen molar-refractivity contribution in [3.05, 3.63) is 47.0 Å². The van der Waals surface area contributed by atoms with Gasteiger partial charge in [0.25, 0.3) is 0 Å². The summed E-state index contributed by atoms with van der Waals surface area (Å²) >= 11 is 1.30. The summed E-state index contributed by atoms with van der Waals surface area (Å²) < 4.78 is 0. The van der Waals surface area contributed by atoms with Gasteiger partial charge in [0, 0.05) is 45.0 Å². The van der Waals surface area contributed by atoms with E-state index in [4.69, 9.17) is 0 Å². The zero-order valence-electron chi connectivity index (χ0n) is 16.4. The first kappa shape index (κ1) is 20.8. The zero-order valence-corrected chi connectivity index (χ0v) is 17.2. The van der Waals surface area contributed by atoms with E-state index in [0.717, 1.165) is 6.42 Å². The summed E-state index contributed by atoms with van der Waals surface area (Å²) in [5, 5.41) is 7.91. The van der Waals surface area contributed by atoms with Gasteiger partial charge in [-0.25, -0.2) is 9.78 Å². The number of hydrogen-bond donors (Lipinski definition) is 2. The third kappa shape index (κ3) is 6.28. The fourth-order valence-corrected chi connectivity index (χ4v) is 3.76.